The Morgan fingerprint density at radius 3 is 2.29 bits per heavy atom. The van der Waals surface area contributed by atoms with Gasteiger partial charge >= 0.3 is 0 Å². The maximum atomic E-state index is 5.56. The summed E-state index contributed by atoms with van der Waals surface area (Å²) in [5, 5.41) is 0. The predicted octanol–water partition coefficient (Wildman–Crippen LogP) is 2.31. The van der Waals surface area contributed by atoms with E-state index in [0.29, 0.717) is 12.5 Å². The first kappa shape index (κ1) is 12.3. The Balaban J connectivity index is 2.23. The Bertz CT molecular complexity index is 481. The number of benzene rings is 1. The van der Waals surface area contributed by atoms with Crippen LogP contribution in [-0.2, 0) is 6.54 Å². The van der Waals surface area contributed by atoms with Crippen molar-refractivity contribution >= 4 is 34.2 Å². The first-order chi connectivity index (χ1) is 8.20. The lowest BCUT2D eigenvalue weighted by molar-refractivity contribution is 1.03. The number of nitrogens with two attached hydrogens (primary N) is 1. The highest BCUT2D eigenvalue weighted by Crippen LogP contribution is 2.20. The average molecular weight is 340 g/mol. The van der Waals surface area contributed by atoms with Gasteiger partial charge in [-0.05, 0) is 40.3 Å². The third kappa shape index (κ3) is 2.92. The van der Waals surface area contributed by atoms with Crippen molar-refractivity contribution in [2.24, 2.45) is 5.73 Å². The van der Waals surface area contributed by atoms with E-state index in [1.807, 2.05) is 36.2 Å². The topological polar surface area (TPSA) is 55.0 Å². The molecule has 0 bridgehead atoms. The zero-order valence-corrected chi connectivity index (χ0v) is 11.6. The molecule has 0 atom stereocenters. The molecular weight excluding hydrogens is 327 g/mol. The van der Waals surface area contributed by atoms with Gasteiger partial charge in [0.25, 0.3) is 0 Å². The molecule has 0 unspecified atom stereocenters. The van der Waals surface area contributed by atoms with E-state index in [1.54, 1.807) is 12.4 Å². The average Bonchev–Trinajstić information content (AvgIpc) is 2.39. The lowest BCUT2D eigenvalue weighted by Gasteiger charge is -2.17. The van der Waals surface area contributed by atoms with Crippen LogP contribution in [0.1, 0.15) is 5.56 Å². The minimum atomic E-state index is 0.560. The Labute approximate surface area is 114 Å². The summed E-state index contributed by atoms with van der Waals surface area (Å²) in [4.78, 5) is 10.5. The molecule has 0 fully saturated rings. The number of anilines is 2. The zero-order valence-electron chi connectivity index (χ0n) is 9.47. The Kier molecular flexibility index (Phi) is 3.90. The fourth-order valence-electron chi connectivity index (χ4n) is 1.45. The lowest BCUT2D eigenvalue weighted by Crippen LogP contribution is -2.13. The van der Waals surface area contributed by atoms with E-state index in [-0.39, 0.29) is 0 Å². The van der Waals surface area contributed by atoms with E-state index in [1.165, 1.54) is 0 Å². The second kappa shape index (κ2) is 5.42. The molecule has 1 aromatic heterocycles. The first-order valence-electron chi connectivity index (χ1n) is 5.21. The SMILES string of the molecule is CN(c1ccc(CN)cc1)c1ncc(I)cn1. The molecule has 0 saturated heterocycles. The van der Waals surface area contributed by atoms with Crippen molar-refractivity contribution in [2.45, 2.75) is 6.54 Å². The maximum Gasteiger partial charge on any atom is 0.229 e. The summed E-state index contributed by atoms with van der Waals surface area (Å²) in [7, 11) is 1.94. The van der Waals surface area contributed by atoms with Gasteiger partial charge in [0.15, 0.2) is 0 Å². The van der Waals surface area contributed by atoms with Crippen molar-refractivity contribution in [3.05, 3.63) is 45.8 Å². The highest BCUT2D eigenvalue weighted by molar-refractivity contribution is 14.1. The van der Waals surface area contributed by atoms with E-state index in [2.05, 4.69) is 32.6 Å². The number of nitrogens with zero attached hydrogens (tertiary/aromatic N) is 3. The molecule has 0 saturated carbocycles. The Morgan fingerprint density at radius 1 is 1.18 bits per heavy atom. The maximum absolute atomic E-state index is 5.56. The lowest BCUT2D eigenvalue weighted by atomic mass is 10.2. The molecule has 0 amide bonds. The minimum Gasteiger partial charge on any atom is -0.326 e. The smallest absolute Gasteiger partial charge is 0.229 e. The van der Waals surface area contributed by atoms with Crippen molar-refractivity contribution < 1.29 is 0 Å². The molecule has 2 rings (SSSR count). The van der Waals surface area contributed by atoms with E-state index < -0.39 is 0 Å². The molecule has 4 nitrogen and oxygen atoms in total. The van der Waals surface area contributed by atoms with E-state index in [0.717, 1.165) is 14.8 Å². The summed E-state index contributed by atoms with van der Waals surface area (Å²) in [6.07, 6.45) is 3.60. The highest BCUT2D eigenvalue weighted by atomic mass is 127. The van der Waals surface area contributed by atoms with Gasteiger partial charge in [-0.1, -0.05) is 12.1 Å². The second-order valence-electron chi connectivity index (χ2n) is 3.63. The van der Waals surface area contributed by atoms with Crippen LogP contribution in [0.25, 0.3) is 0 Å². The normalized spacial score (nSPS) is 10.3. The van der Waals surface area contributed by atoms with Gasteiger partial charge in [-0.2, -0.15) is 0 Å². The van der Waals surface area contributed by atoms with E-state index in [4.69, 9.17) is 5.73 Å². The molecule has 0 aliphatic heterocycles. The van der Waals surface area contributed by atoms with Crippen LogP contribution in [0, 0.1) is 3.57 Å². The number of rotatable bonds is 3. The van der Waals surface area contributed by atoms with Crippen LogP contribution >= 0.6 is 22.6 Å². The quantitative estimate of drug-likeness (QED) is 0.872. The van der Waals surface area contributed by atoms with Gasteiger partial charge in [-0.15, -0.1) is 0 Å². The van der Waals surface area contributed by atoms with Crippen molar-refractivity contribution in [3.8, 4) is 0 Å². The molecule has 0 radical (unpaired) electrons. The van der Waals surface area contributed by atoms with Gasteiger partial charge in [-0.25, -0.2) is 9.97 Å². The fourth-order valence-corrected chi connectivity index (χ4v) is 1.73. The number of halogens is 1. The number of hydrogen-bond acceptors (Lipinski definition) is 4. The molecule has 0 spiro atoms. The molecule has 5 heteroatoms. The molecule has 17 heavy (non-hydrogen) atoms. The number of aromatic nitrogens is 2. The van der Waals surface area contributed by atoms with Gasteiger partial charge in [0.2, 0.25) is 5.95 Å². The largest absolute Gasteiger partial charge is 0.326 e. The van der Waals surface area contributed by atoms with Crippen LogP contribution in [0.4, 0.5) is 11.6 Å². The van der Waals surface area contributed by atoms with Gasteiger partial charge in [0.05, 0.1) is 0 Å². The summed E-state index contributed by atoms with van der Waals surface area (Å²) in [5.74, 6) is 0.686. The minimum absolute atomic E-state index is 0.560. The summed E-state index contributed by atoms with van der Waals surface area (Å²) >= 11 is 2.19. The zero-order chi connectivity index (χ0) is 12.3. The van der Waals surface area contributed by atoms with Crippen molar-refractivity contribution in [2.75, 3.05) is 11.9 Å². The van der Waals surface area contributed by atoms with E-state index in [9.17, 15) is 0 Å². The molecule has 0 aliphatic rings. The summed E-state index contributed by atoms with van der Waals surface area (Å²) < 4.78 is 1.03. The fraction of sp³-hybridized carbons (Fsp3) is 0.167. The van der Waals surface area contributed by atoms with Crippen LogP contribution in [0.5, 0.6) is 0 Å². The molecule has 2 aromatic rings. The van der Waals surface area contributed by atoms with Crippen molar-refractivity contribution in [3.63, 3.8) is 0 Å². The van der Waals surface area contributed by atoms with Gasteiger partial charge in [-0.3, -0.25) is 0 Å². The molecule has 88 valence electrons. The second-order valence-corrected chi connectivity index (χ2v) is 4.88. The third-order valence-electron chi connectivity index (χ3n) is 2.47. The van der Waals surface area contributed by atoms with Crippen molar-refractivity contribution in [1.29, 1.82) is 0 Å². The highest BCUT2D eigenvalue weighted by Gasteiger charge is 2.06. The summed E-state index contributed by atoms with van der Waals surface area (Å²) in [6, 6.07) is 8.06. The molecule has 1 heterocycles. The van der Waals surface area contributed by atoms with Gasteiger partial charge in [0, 0.05) is 35.2 Å². The third-order valence-corrected chi connectivity index (χ3v) is 3.02. The predicted molar refractivity (Wildman–Crippen MR) is 77.1 cm³/mol. The molecular formula is C12H13IN4. The summed E-state index contributed by atoms with van der Waals surface area (Å²) in [6.45, 7) is 0.560. The van der Waals surface area contributed by atoms with Crippen LogP contribution < -0.4 is 10.6 Å². The van der Waals surface area contributed by atoms with Crippen LogP contribution in [-0.4, -0.2) is 17.0 Å². The molecule has 2 N–H and O–H groups in total. The number of hydrogen-bond donors (Lipinski definition) is 1. The molecule has 1 aromatic carbocycles. The van der Waals surface area contributed by atoms with Crippen molar-refractivity contribution in [1.82, 2.24) is 9.97 Å². The van der Waals surface area contributed by atoms with Crippen LogP contribution in [0.2, 0.25) is 0 Å². The monoisotopic (exact) mass is 340 g/mol. The molecule has 0 aliphatic carbocycles. The standard InChI is InChI=1S/C12H13IN4/c1-17(12-15-7-10(13)8-16-12)11-4-2-9(6-14)3-5-11/h2-5,7-8H,6,14H2,1H3. The van der Waals surface area contributed by atoms with Crippen LogP contribution in [0.15, 0.2) is 36.7 Å². The van der Waals surface area contributed by atoms with Gasteiger partial charge < -0.3 is 10.6 Å². The summed E-state index contributed by atoms with van der Waals surface area (Å²) in [5.41, 5.74) is 7.73. The van der Waals surface area contributed by atoms with E-state index >= 15 is 0 Å². The Morgan fingerprint density at radius 2 is 1.76 bits per heavy atom. The van der Waals surface area contributed by atoms with Crippen LogP contribution in [0.3, 0.4) is 0 Å². The first-order valence-corrected chi connectivity index (χ1v) is 6.29. The van der Waals surface area contributed by atoms with Gasteiger partial charge in [0.1, 0.15) is 0 Å². The Hall–Kier alpha value is -1.21.